The van der Waals surface area contributed by atoms with E-state index in [0.717, 1.165) is 39.7 Å². The zero-order chi connectivity index (χ0) is 37.8. The third kappa shape index (κ3) is 5.11. The van der Waals surface area contributed by atoms with Crippen molar-refractivity contribution in [2.75, 3.05) is 9.80 Å². The molecular formula is C55H38N2. The van der Waals surface area contributed by atoms with Gasteiger partial charge in [0.2, 0.25) is 0 Å². The minimum absolute atomic E-state index is 0.421. The summed E-state index contributed by atoms with van der Waals surface area (Å²) in [7, 11) is 0. The highest BCUT2D eigenvalue weighted by molar-refractivity contribution is 6.01. The number of fused-ring (bicyclic) bond motifs is 10. The highest BCUT2D eigenvalue weighted by atomic mass is 15.2. The van der Waals surface area contributed by atoms with Crippen LogP contribution in [0, 0.1) is 0 Å². The Labute approximate surface area is 334 Å². The molecule has 9 aromatic rings. The number of benzene rings is 9. The second-order valence-corrected chi connectivity index (χ2v) is 14.9. The van der Waals surface area contributed by atoms with Crippen molar-refractivity contribution in [1.82, 2.24) is 0 Å². The van der Waals surface area contributed by atoms with E-state index in [4.69, 9.17) is 0 Å². The Kier molecular flexibility index (Phi) is 7.75. The van der Waals surface area contributed by atoms with E-state index in [2.05, 4.69) is 240 Å². The van der Waals surface area contributed by atoms with Crippen LogP contribution in [0.5, 0.6) is 0 Å². The van der Waals surface area contributed by atoms with E-state index >= 15 is 0 Å². The van der Waals surface area contributed by atoms with Gasteiger partial charge in [-0.3, -0.25) is 0 Å². The fraction of sp³-hybridized carbons (Fsp3) is 0.0182. The lowest BCUT2D eigenvalue weighted by Crippen LogP contribution is -2.25. The minimum atomic E-state index is -0.421. The third-order valence-corrected chi connectivity index (χ3v) is 11.8. The van der Waals surface area contributed by atoms with Crippen molar-refractivity contribution in [2.24, 2.45) is 0 Å². The second-order valence-electron chi connectivity index (χ2n) is 14.9. The molecule has 0 unspecified atom stereocenters. The average Bonchev–Trinajstić information content (AvgIpc) is 3.76. The molecule has 9 aromatic carbocycles. The highest BCUT2D eigenvalue weighted by Crippen LogP contribution is 2.64. The Morgan fingerprint density at radius 3 is 1.02 bits per heavy atom. The summed E-state index contributed by atoms with van der Waals surface area (Å²) >= 11 is 0. The van der Waals surface area contributed by atoms with Crippen LogP contribution in [0.15, 0.2) is 231 Å². The molecule has 0 saturated carbocycles. The molecule has 2 aliphatic carbocycles. The predicted octanol–water partition coefficient (Wildman–Crippen LogP) is 14.6. The van der Waals surface area contributed by atoms with Crippen LogP contribution >= 0.6 is 0 Å². The molecule has 1 spiro atoms. The summed E-state index contributed by atoms with van der Waals surface area (Å²) in [5.74, 6) is 0. The van der Waals surface area contributed by atoms with Gasteiger partial charge in [-0.1, -0.05) is 164 Å². The van der Waals surface area contributed by atoms with Gasteiger partial charge in [0.25, 0.3) is 0 Å². The van der Waals surface area contributed by atoms with Gasteiger partial charge in [0.1, 0.15) is 0 Å². The van der Waals surface area contributed by atoms with Gasteiger partial charge in [0.15, 0.2) is 0 Å². The lowest BCUT2D eigenvalue weighted by atomic mass is 9.70. The molecule has 0 aromatic heterocycles. The monoisotopic (exact) mass is 726 g/mol. The molecule has 11 rings (SSSR count). The molecule has 0 heterocycles. The first-order valence-electron chi connectivity index (χ1n) is 19.7. The molecule has 57 heavy (non-hydrogen) atoms. The normalized spacial score (nSPS) is 12.7. The molecule has 268 valence electrons. The van der Waals surface area contributed by atoms with E-state index in [1.807, 2.05) is 0 Å². The van der Waals surface area contributed by atoms with E-state index in [0.29, 0.717) is 0 Å². The summed E-state index contributed by atoms with van der Waals surface area (Å²) in [5, 5.41) is 0. The second kappa shape index (κ2) is 13.4. The summed E-state index contributed by atoms with van der Waals surface area (Å²) < 4.78 is 0. The molecule has 0 bridgehead atoms. The maximum Gasteiger partial charge on any atom is 0.0725 e. The summed E-state index contributed by atoms with van der Waals surface area (Å²) in [4.78, 5) is 4.76. The van der Waals surface area contributed by atoms with Gasteiger partial charge in [-0.2, -0.15) is 0 Å². The number of para-hydroxylation sites is 4. The Hall–Kier alpha value is -7.42. The quantitative estimate of drug-likeness (QED) is 0.161. The average molecular weight is 727 g/mol. The largest absolute Gasteiger partial charge is 0.310 e. The van der Waals surface area contributed by atoms with Crippen LogP contribution in [0.2, 0.25) is 0 Å². The molecule has 0 atom stereocenters. The van der Waals surface area contributed by atoms with Crippen LogP contribution < -0.4 is 9.80 Å². The van der Waals surface area contributed by atoms with E-state index in [-0.39, 0.29) is 0 Å². The zero-order valence-electron chi connectivity index (χ0n) is 31.3. The number of anilines is 6. The van der Waals surface area contributed by atoms with Gasteiger partial charge in [0, 0.05) is 34.1 Å². The third-order valence-electron chi connectivity index (χ3n) is 11.8. The highest BCUT2D eigenvalue weighted by Gasteiger charge is 2.52. The Bertz CT molecular complexity index is 2680. The van der Waals surface area contributed by atoms with Gasteiger partial charge < -0.3 is 9.80 Å². The molecule has 0 amide bonds. The van der Waals surface area contributed by atoms with E-state index < -0.39 is 5.41 Å². The van der Waals surface area contributed by atoms with Crippen molar-refractivity contribution in [2.45, 2.75) is 5.41 Å². The number of hydrogen-bond donors (Lipinski definition) is 0. The van der Waals surface area contributed by atoms with Gasteiger partial charge in [-0.25, -0.2) is 0 Å². The van der Waals surface area contributed by atoms with Crippen LogP contribution in [-0.4, -0.2) is 0 Å². The van der Waals surface area contributed by atoms with Gasteiger partial charge in [-0.15, -0.1) is 0 Å². The molecular weight excluding hydrogens is 689 g/mol. The minimum Gasteiger partial charge on any atom is -0.310 e. The fourth-order valence-electron chi connectivity index (χ4n) is 9.60. The summed E-state index contributed by atoms with van der Waals surface area (Å²) in [6.45, 7) is 0. The molecule has 0 N–H and O–H groups in total. The van der Waals surface area contributed by atoms with Gasteiger partial charge in [0.05, 0.1) is 5.41 Å². The van der Waals surface area contributed by atoms with Crippen molar-refractivity contribution >= 4 is 34.1 Å². The van der Waals surface area contributed by atoms with Gasteiger partial charge in [-0.05, 0) is 122 Å². The van der Waals surface area contributed by atoms with Crippen LogP contribution in [0.25, 0.3) is 33.4 Å². The Morgan fingerprint density at radius 2 is 0.579 bits per heavy atom. The smallest absolute Gasteiger partial charge is 0.0725 e. The molecule has 2 aliphatic rings. The SMILES string of the molecule is c1ccc(N(c2ccccc2)c2cc(-c3cccc4c3-c3ccccc3C43c4ccccc4-c4ccccc43)cc(N(c3ccccc3)c3ccccc3)c2)cc1. The van der Waals surface area contributed by atoms with E-state index in [9.17, 15) is 0 Å². The topological polar surface area (TPSA) is 6.48 Å². The number of hydrogen-bond acceptors (Lipinski definition) is 2. The maximum absolute atomic E-state index is 2.39. The summed E-state index contributed by atoms with van der Waals surface area (Å²) in [5.41, 5.74) is 19.1. The Morgan fingerprint density at radius 1 is 0.246 bits per heavy atom. The van der Waals surface area contributed by atoms with Crippen molar-refractivity contribution < 1.29 is 0 Å². The van der Waals surface area contributed by atoms with Crippen molar-refractivity contribution in [1.29, 1.82) is 0 Å². The molecule has 2 heteroatoms. The van der Waals surface area contributed by atoms with Crippen molar-refractivity contribution in [3.63, 3.8) is 0 Å². The maximum atomic E-state index is 2.39. The van der Waals surface area contributed by atoms with Crippen LogP contribution in [0.4, 0.5) is 34.1 Å². The first-order chi connectivity index (χ1) is 28.3. The lowest BCUT2D eigenvalue weighted by Gasteiger charge is -2.31. The summed E-state index contributed by atoms with van der Waals surface area (Å²) in [6, 6.07) is 84.1. The van der Waals surface area contributed by atoms with E-state index in [1.54, 1.807) is 0 Å². The first kappa shape index (κ1) is 33.0. The van der Waals surface area contributed by atoms with Crippen LogP contribution in [0.1, 0.15) is 22.3 Å². The van der Waals surface area contributed by atoms with Crippen LogP contribution in [0.3, 0.4) is 0 Å². The molecule has 2 nitrogen and oxygen atoms in total. The van der Waals surface area contributed by atoms with Crippen LogP contribution in [-0.2, 0) is 5.41 Å². The van der Waals surface area contributed by atoms with Crippen molar-refractivity contribution in [3.05, 3.63) is 253 Å². The van der Waals surface area contributed by atoms with E-state index in [1.165, 1.54) is 50.1 Å². The van der Waals surface area contributed by atoms with Crippen molar-refractivity contribution in [3.8, 4) is 33.4 Å². The zero-order valence-corrected chi connectivity index (χ0v) is 31.3. The predicted molar refractivity (Wildman–Crippen MR) is 238 cm³/mol. The summed E-state index contributed by atoms with van der Waals surface area (Å²) in [6.07, 6.45) is 0. The molecule has 0 saturated heterocycles. The molecule has 0 radical (unpaired) electrons. The lowest BCUT2D eigenvalue weighted by molar-refractivity contribution is 0.794. The van der Waals surface area contributed by atoms with Gasteiger partial charge >= 0.3 is 0 Å². The first-order valence-corrected chi connectivity index (χ1v) is 19.7. The number of nitrogens with zero attached hydrogens (tertiary/aromatic N) is 2. The Balaban J connectivity index is 1.22. The molecule has 0 fully saturated rings. The number of rotatable bonds is 7. The standard InChI is InChI=1S/C55H38N2/c1-5-20-40(21-6-1)56(41-22-7-2-8-23-41)44-36-39(37-45(38-44)57(42-24-9-3-10-25-42)43-26-11-4-12-27-43)46-31-19-35-53-54(46)49-30-15-18-34-52(49)55(53)50-32-16-13-28-47(50)48-29-14-17-33-51(48)55/h1-38H. The molecule has 0 aliphatic heterocycles. The fourth-order valence-corrected chi connectivity index (χ4v) is 9.60.